The quantitative estimate of drug-likeness (QED) is 0.521. The molecule has 0 radical (unpaired) electrons. The number of thiocarbonyl (C=S) groups is 1. The van der Waals surface area contributed by atoms with E-state index in [0.717, 1.165) is 57.1 Å². The zero-order valence-electron chi connectivity index (χ0n) is 12.7. The Balaban J connectivity index is 1.61. The third kappa shape index (κ3) is 5.98. The molecule has 6 heteroatoms. The number of nitrogens with one attached hydrogen (secondary N) is 3. The highest BCUT2D eigenvalue weighted by atomic mass is 32.1. The van der Waals surface area contributed by atoms with Crippen LogP contribution in [0.2, 0.25) is 0 Å². The highest BCUT2D eigenvalue weighted by Gasteiger charge is 2.12. The molecule has 0 aromatic heterocycles. The highest BCUT2D eigenvalue weighted by Crippen LogP contribution is 2.09. The zero-order chi connectivity index (χ0) is 15.6. The molecular weight excluding hydrogens is 296 g/mol. The molecule has 1 aliphatic rings. The van der Waals surface area contributed by atoms with Gasteiger partial charge in [0.1, 0.15) is 13.1 Å². The van der Waals surface area contributed by atoms with Crippen molar-refractivity contribution in [1.29, 1.82) is 5.26 Å². The number of anilines is 1. The number of nitrogens with zero attached hydrogens (tertiary/aromatic N) is 1. The average molecular weight is 319 g/mol. The van der Waals surface area contributed by atoms with Gasteiger partial charge in [0.05, 0.1) is 32.2 Å². The second-order valence-corrected chi connectivity index (χ2v) is 5.79. The maximum atomic E-state index is 8.64. The Morgan fingerprint density at radius 2 is 2.00 bits per heavy atom. The number of hydrogen-bond acceptors (Lipinski definition) is 3. The van der Waals surface area contributed by atoms with Crippen LogP contribution >= 0.6 is 12.2 Å². The minimum absolute atomic E-state index is 0.437. The molecule has 0 spiro atoms. The van der Waals surface area contributed by atoms with Gasteiger partial charge < -0.3 is 20.3 Å². The third-order valence-electron chi connectivity index (χ3n) is 3.69. The molecule has 0 bridgehead atoms. The number of benzene rings is 1. The van der Waals surface area contributed by atoms with E-state index in [4.69, 9.17) is 22.2 Å². The molecule has 118 valence electrons. The topological polar surface area (TPSA) is 61.5 Å². The van der Waals surface area contributed by atoms with Crippen LogP contribution in [0.4, 0.5) is 5.69 Å². The van der Waals surface area contributed by atoms with Crippen LogP contribution in [0.25, 0.3) is 0 Å². The Bertz CT molecular complexity index is 506. The number of nitriles is 1. The minimum atomic E-state index is 0.437. The van der Waals surface area contributed by atoms with Gasteiger partial charge in [-0.15, -0.1) is 0 Å². The standard InChI is InChI=1S/C16H22N4OS/c17-7-6-14-2-4-15(5-3-14)19-16(22)18-8-1-9-20-10-12-21-13-11-20/h2-5H,1,6,8-13H2,(H2,18,19,22)/p+1. The van der Waals surface area contributed by atoms with E-state index in [1.807, 2.05) is 24.3 Å². The van der Waals surface area contributed by atoms with Gasteiger partial charge in [0, 0.05) is 18.7 Å². The molecule has 2 rings (SSSR count). The molecule has 1 aliphatic heterocycles. The van der Waals surface area contributed by atoms with Gasteiger partial charge in [-0.05, 0) is 29.9 Å². The van der Waals surface area contributed by atoms with E-state index in [0.29, 0.717) is 11.5 Å². The van der Waals surface area contributed by atoms with Crippen LogP contribution in [-0.4, -0.2) is 44.5 Å². The summed E-state index contributed by atoms with van der Waals surface area (Å²) in [4.78, 5) is 1.61. The van der Waals surface area contributed by atoms with Crippen molar-refractivity contribution >= 4 is 23.0 Å². The van der Waals surface area contributed by atoms with Crippen molar-refractivity contribution in [3.05, 3.63) is 29.8 Å². The molecule has 1 saturated heterocycles. The van der Waals surface area contributed by atoms with Crippen LogP contribution < -0.4 is 15.5 Å². The fourth-order valence-corrected chi connectivity index (χ4v) is 2.64. The second-order valence-electron chi connectivity index (χ2n) is 5.38. The molecule has 0 atom stereocenters. The van der Waals surface area contributed by atoms with E-state index in [1.54, 1.807) is 4.90 Å². The molecule has 1 heterocycles. The number of ether oxygens (including phenoxy) is 1. The van der Waals surface area contributed by atoms with Gasteiger partial charge in [-0.25, -0.2) is 0 Å². The van der Waals surface area contributed by atoms with Crippen LogP contribution in [0.1, 0.15) is 12.0 Å². The minimum Gasteiger partial charge on any atom is -0.370 e. The Morgan fingerprint density at radius 1 is 1.27 bits per heavy atom. The maximum Gasteiger partial charge on any atom is 0.170 e. The Labute approximate surface area is 137 Å². The van der Waals surface area contributed by atoms with Gasteiger partial charge in [0.25, 0.3) is 0 Å². The van der Waals surface area contributed by atoms with E-state index in [9.17, 15) is 0 Å². The third-order valence-corrected chi connectivity index (χ3v) is 3.93. The van der Waals surface area contributed by atoms with Crippen molar-refractivity contribution in [3.63, 3.8) is 0 Å². The molecule has 1 fully saturated rings. The van der Waals surface area contributed by atoms with E-state index in [1.165, 1.54) is 0 Å². The van der Waals surface area contributed by atoms with E-state index in [2.05, 4.69) is 16.7 Å². The summed E-state index contributed by atoms with van der Waals surface area (Å²) in [5.74, 6) is 0. The van der Waals surface area contributed by atoms with Gasteiger partial charge in [0.15, 0.2) is 5.11 Å². The van der Waals surface area contributed by atoms with Crippen molar-refractivity contribution in [3.8, 4) is 6.07 Å². The Morgan fingerprint density at radius 3 is 2.68 bits per heavy atom. The van der Waals surface area contributed by atoms with Crippen LogP contribution in [0.15, 0.2) is 24.3 Å². The summed E-state index contributed by atoms with van der Waals surface area (Å²) in [6.45, 7) is 6.01. The summed E-state index contributed by atoms with van der Waals surface area (Å²) in [6, 6.07) is 9.90. The molecule has 0 saturated carbocycles. The van der Waals surface area contributed by atoms with Crippen LogP contribution in [0, 0.1) is 11.3 Å². The molecule has 1 aromatic rings. The first-order chi connectivity index (χ1) is 10.8. The fourth-order valence-electron chi connectivity index (χ4n) is 2.42. The van der Waals surface area contributed by atoms with Crippen LogP contribution in [-0.2, 0) is 11.2 Å². The van der Waals surface area contributed by atoms with E-state index < -0.39 is 0 Å². The Hall–Kier alpha value is -1.68. The van der Waals surface area contributed by atoms with Gasteiger partial charge in [-0.3, -0.25) is 0 Å². The monoisotopic (exact) mass is 319 g/mol. The second kappa shape index (κ2) is 9.36. The smallest absolute Gasteiger partial charge is 0.170 e. The number of morpholine rings is 1. The summed E-state index contributed by atoms with van der Waals surface area (Å²) >= 11 is 5.29. The number of hydrogen-bond donors (Lipinski definition) is 3. The van der Waals surface area contributed by atoms with E-state index in [-0.39, 0.29) is 0 Å². The molecule has 0 aliphatic carbocycles. The van der Waals surface area contributed by atoms with Gasteiger partial charge in [-0.2, -0.15) is 5.26 Å². The molecule has 0 amide bonds. The fraction of sp³-hybridized carbons (Fsp3) is 0.500. The first-order valence-corrected chi connectivity index (χ1v) is 8.11. The molecule has 0 unspecified atom stereocenters. The summed E-state index contributed by atoms with van der Waals surface area (Å²) < 4.78 is 5.35. The van der Waals surface area contributed by atoms with Crippen molar-refractivity contribution in [2.75, 3.05) is 44.7 Å². The summed E-state index contributed by atoms with van der Waals surface area (Å²) in [5.41, 5.74) is 1.96. The number of quaternary nitrogens is 1. The normalized spacial score (nSPS) is 15.0. The lowest BCUT2D eigenvalue weighted by molar-refractivity contribution is -0.908. The number of rotatable bonds is 6. The highest BCUT2D eigenvalue weighted by molar-refractivity contribution is 7.80. The molecule has 3 N–H and O–H groups in total. The molecule has 22 heavy (non-hydrogen) atoms. The summed E-state index contributed by atoms with van der Waals surface area (Å²) in [6.07, 6.45) is 1.53. The average Bonchev–Trinajstić information content (AvgIpc) is 2.55. The first kappa shape index (κ1) is 16.7. The lowest BCUT2D eigenvalue weighted by Crippen LogP contribution is -3.14. The lowest BCUT2D eigenvalue weighted by atomic mass is 10.1. The SMILES string of the molecule is N#CCc1ccc(NC(=S)NCCC[NH+]2CCOCC2)cc1. The van der Waals surface area contributed by atoms with Gasteiger partial charge in [-0.1, -0.05) is 12.1 Å². The van der Waals surface area contributed by atoms with Crippen molar-refractivity contribution in [2.24, 2.45) is 0 Å². The molecule has 5 nitrogen and oxygen atoms in total. The Kier molecular flexibility index (Phi) is 7.10. The lowest BCUT2D eigenvalue weighted by Gasteiger charge is -2.23. The van der Waals surface area contributed by atoms with Crippen LogP contribution in [0.5, 0.6) is 0 Å². The predicted octanol–water partition coefficient (Wildman–Crippen LogP) is 0.344. The van der Waals surface area contributed by atoms with Gasteiger partial charge in [0.2, 0.25) is 0 Å². The largest absolute Gasteiger partial charge is 0.370 e. The summed E-state index contributed by atoms with van der Waals surface area (Å²) in [7, 11) is 0. The van der Waals surface area contributed by atoms with Crippen molar-refractivity contribution in [1.82, 2.24) is 5.32 Å². The zero-order valence-corrected chi connectivity index (χ0v) is 13.5. The van der Waals surface area contributed by atoms with Crippen molar-refractivity contribution < 1.29 is 9.64 Å². The van der Waals surface area contributed by atoms with Crippen molar-refractivity contribution in [2.45, 2.75) is 12.8 Å². The predicted molar refractivity (Wildman–Crippen MR) is 91.0 cm³/mol. The van der Waals surface area contributed by atoms with E-state index >= 15 is 0 Å². The van der Waals surface area contributed by atoms with Gasteiger partial charge >= 0.3 is 0 Å². The maximum absolute atomic E-state index is 8.64. The summed E-state index contributed by atoms with van der Waals surface area (Å²) in [5, 5.41) is 15.7. The van der Waals surface area contributed by atoms with Crippen LogP contribution in [0.3, 0.4) is 0 Å². The molecule has 1 aromatic carbocycles. The molecular formula is C16H23N4OS+. The first-order valence-electron chi connectivity index (χ1n) is 7.70.